The van der Waals surface area contributed by atoms with Crippen molar-refractivity contribution >= 4 is 11.9 Å². The number of piperidine rings is 1. The molecule has 7 nitrogen and oxygen atoms in total. The largest absolute Gasteiger partial charge is 0.466 e. The third-order valence-corrected chi connectivity index (χ3v) is 4.76. The normalized spacial score (nSPS) is 15.5. The van der Waals surface area contributed by atoms with Gasteiger partial charge in [-0.2, -0.15) is 0 Å². The van der Waals surface area contributed by atoms with E-state index in [4.69, 9.17) is 14.3 Å². The van der Waals surface area contributed by atoms with E-state index >= 15 is 0 Å². The Morgan fingerprint density at radius 2 is 2.04 bits per heavy atom. The van der Waals surface area contributed by atoms with Crippen LogP contribution in [0.5, 0.6) is 0 Å². The predicted molar refractivity (Wildman–Crippen MR) is 108 cm³/mol. The molecular weight excluding hydrogens is 356 g/mol. The van der Waals surface area contributed by atoms with Crippen molar-refractivity contribution in [2.24, 2.45) is 10.9 Å². The molecule has 0 saturated carbocycles. The number of hydrogen-bond donors (Lipinski definition) is 1. The monoisotopic (exact) mass is 384 g/mol. The molecule has 1 aromatic heterocycles. The van der Waals surface area contributed by atoms with E-state index in [1.165, 1.54) is 0 Å². The lowest BCUT2D eigenvalue weighted by atomic mass is 9.97. The summed E-state index contributed by atoms with van der Waals surface area (Å²) in [4.78, 5) is 18.8. The van der Waals surface area contributed by atoms with Crippen LogP contribution in [-0.2, 0) is 16.1 Å². The van der Waals surface area contributed by atoms with Crippen LogP contribution < -0.4 is 5.32 Å². The summed E-state index contributed by atoms with van der Waals surface area (Å²) >= 11 is 0. The van der Waals surface area contributed by atoms with E-state index in [2.05, 4.69) is 15.4 Å². The SMILES string of the molecule is CCNC(=NCc1cc(-c2ccccc2)on1)N1CCC(C(=O)OCC)CC1. The minimum atomic E-state index is -0.0832. The van der Waals surface area contributed by atoms with Gasteiger partial charge < -0.3 is 19.5 Å². The zero-order chi connectivity index (χ0) is 19.8. The molecule has 0 radical (unpaired) electrons. The highest BCUT2D eigenvalue weighted by atomic mass is 16.5. The lowest BCUT2D eigenvalue weighted by Crippen LogP contribution is -2.46. The van der Waals surface area contributed by atoms with Gasteiger partial charge in [-0.25, -0.2) is 4.99 Å². The zero-order valence-electron chi connectivity index (χ0n) is 16.6. The maximum absolute atomic E-state index is 11.9. The maximum Gasteiger partial charge on any atom is 0.309 e. The number of carbonyl (C=O) groups excluding carboxylic acids is 1. The fourth-order valence-corrected chi connectivity index (χ4v) is 3.29. The number of nitrogens with one attached hydrogen (secondary N) is 1. The molecule has 1 aromatic carbocycles. The molecular formula is C21H28N4O3. The molecule has 0 bridgehead atoms. The van der Waals surface area contributed by atoms with Crippen LogP contribution >= 0.6 is 0 Å². The standard InChI is InChI=1S/C21H28N4O3/c1-3-22-21(25-12-10-17(11-13-25)20(26)27-4-2)23-15-18-14-19(28-24-18)16-8-6-5-7-9-16/h5-9,14,17H,3-4,10-13,15H2,1-2H3,(H,22,23). The lowest BCUT2D eigenvalue weighted by Gasteiger charge is -2.33. The highest BCUT2D eigenvalue weighted by molar-refractivity contribution is 5.80. The van der Waals surface area contributed by atoms with Crippen LogP contribution in [0.2, 0.25) is 0 Å². The van der Waals surface area contributed by atoms with E-state index in [1.807, 2.05) is 50.2 Å². The summed E-state index contributed by atoms with van der Waals surface area (Å²) in [6, 6.07) is 11.8. The summed E-state index contributed by atoms with van der Waals surface area (Å²) in [5.74, 6) is 1.49. The van der Waals surface area contributed by atoms with Crippen molar-refractivity contribution in [3.8, 4) is 11.3 Å². The molecule has 2 heterocycles. The number of aliphatic imine (C=N–C) groups is 1. The Morgan fingerprint density at radius 3 is 2.71 bits per heavy atom. The van der Waals surface area contributed by atoms with Gasteiger partial charge in [-0.05, 0) is 26.7 Å². The summed E-state index contributed by atoms with van der Waals surface area (Å²) in [5, 5.41) is 7.47. The van der Waals surface area contributed by atoms with E-state index in [0.717, 1.165) is 55.5 Å². The topological polar surface area (TPSA) is 80.0 Å². The molecule has 0 spiro atoms. The molecule has 28 heavy (non-hydrogen) atoms. The smallest absolute Gasteiger partial charge is 0.309 e. The van der Waals surface area contributed by atoms with Crippen LogP contribution in [0, 0.1) is 5.92 Å². The first-order valence-corrected chi connectivity index (χ1v) is 9.92. The van der Waals surface area contributed by atoms with Gasteiger partial charge in [-0.1, -0.05) is 35.5 Å². The van der Waals surface area contributed by atoms with Gasteiger partial charge in [0.25, 0.3) is 0 Å². The number of ether oxygens (including phenoxy) is 1. The number of esters is 1. The van der Waals surface area contributed by atoms with Gasteiger partial charge in [0.2, 0.25) is 0 Å². The summed E-state index contributed by atoms with van der Waals surface area (Å²) in [6.45, 7) is 7.11. The van der Waals surface area contributed by atoms with Crippen molar-refractivity contribution in [3.63, 3.8) is 0 Å². The number of guanidine groups is 1. The molecule has 1 saturated heterocycles. The third-order valence-electron chi connectivity index (χ3n) is 4.76. The van der Waals surface area contributed by atoms with Crippen molar-refractivity contribution < 1.29 is 14.1 Å². The van der Waals surface area contributed by atoms with Crippen LogP contribution in [-0.4, -0.2) is 48.2 Å². The number of rotatable bonds is 6. The Morgan fingerprint density at radius 1 is 1.29 bits per heavy atom. The van der Waals surface area contributed by atoms with E-state index in [9.17, 15) is 4.79 Å². The van der Waals surface area contributed by atoms with Gasteiger partial charge in [0.15, 0.2) is 11.7 Å². The van der Waals surface area contributed by atoms with E-state index in [1.54, 1.807) is 0 Å². The molecule has 150 valence electrons. The second-order valence-electron chi connectivity index (χ2n) is 6.73. The molecule has 0 unspecified atom stereocenters. The van der Waals surface area contributed by atoms with E-state index < -0.39 is 0 Å². The fourth-order valence-electron chi connectivity index (χ4n) is 3.29. The van der Waals surface area contributed by atoms with Gasteiger partial charge in [-0.15, -0.1) is 0 Å². The molecule has 1 fully saturated rings. The van der Waals surface area contributed by atoms with Crippen molar-refractivity contribution in [1.29, 1.82) is 0 Å². The summed E-state index contributed by atoms with van der Waals surface area (Å²) in [5.41, 5.74) is 1.79. The van der Waals surface area contributed by atoms with Crippen LogP contribution in [0.15, 0.2) is 45.9 Å². The second kappa shape index (κ2) is 9.92. The van der Waals surface area contributed by atoms with Gasteiger partial charge in [0, 0.05) is 31.3 Å². The maximum atomic E-state index is 11.9. The Hall–Kier alpha value is -2.83. The number of benzene rings is 1. The van der Waals surface area contributed by atoms with Gasteiger partial charge in [0.1, 0.15) is 5.69 Å². The molecule has 0 amide bonds. The Balaban J connectivity index is 1.61. The first-order chi connectivity index (χ1) is 13.7. The van der Waals surface area contributed by atoms with Gasteiger partial charge >= 0.3 is 5.97 Å². The lowest BCUT2D eigenvalue weighted by molar-refractivity contribution is -0.149. The second-order valence-corrected chi connectivity index (χ2v) is 6.73. The predicted octanol–water partition coefficient (Wildman–Crippen LogP) is 3.08. The van der Waals surface area contributed by atoms with Crippen molar-refractivity contribution in [3.05, 3.63) is 42.1 Å². The number of nitrogens with zero attached hydrogens (tertiary/aromatic N) is 3. The van der Waals surface area contributed by atoms with E-state index in [-0.39, 0.29) is 11.9 Å². The van der Waals surface area contributed by atoms with Gasteiger partial charge in [0.05, 0.1) is 19.1 Å². The quantitative estimate of drug-likeness (QED) is 0.468. The number of likely N-dealkylation sites (tertiary alicyclic amines) is 1. The summed E-state index contributed by atoms with van der Waals surface area (Å²) < 4.78 is 10.6. The third kappa shape index (κ3) is 5.12. The zero-order valence-corrected chi connectivity index (χ0v) is 16.6. The van der Waals surface area contributed by atoms with Crippen LogP contribution in [0.1, 0.15) is 32.4 Å². The van der Waals surface area contributed by atoms with E-state index in [0.29, 0.717) is 13.2 Å². The molecule has 3 rings (SSSR count). The average Bonchev–Trinajstić information content (AvgIpc) is 3.21. The van der Waals surface area contributed by atoms with Crippen molar-refractivity contribution in [1.82, 2.24) is 15.4 Å². The fraction of sp³-hybridized carbons (Fsp3) is 0.476. The summed E-state index contributed by atoms with van der Waals surface area (Å²) in [7, 11) is 0. The minimum absolute atomic E-state index is 0.0111. The van der Waals surface area contributed by atoms with Crippen LogP contribution in [0.3, 0.4) is 0 Å². The van der Waals surface area contributed by atoms with Crippen LogP contribution in [0.4, 0.5) is 0 Å². The number of aromatic nitrogens is 1. The molecule has 1 N–H and O–H groups in total. The average molecular weight is 384 g/mol. The van der Waals surface area contributed by atoms with Crippen molar-refractivity contribution in [2.75, 3.05) is 26.2 Å². The molecule has 7 heteroatoms. The Kier molecular flexibility index (Phi) is 7.06. The Bertz CT molecular complexity index is 780. The molecule has 0 atom stereocenters. The highest BCUT2D eigenvalue weighted by Crippen LogP contribution is 2.21. The summed E-state index contributed by atoms with van der Waals surface area (Å²) in [6.07, 6.45) is 1.57. The number of hydrogen-bond acceptors (Lipinski definition) is 5. The van der Waals surface area contributed by atoms with Gasteiger partial charge in [-0.3, -0.25) is 4.79 Å². The minimum Gasteiger partial charge on any atom is -0.466 e. The van der Waals surface area contributed by atoms with Crippen LogP contribution in [0.25, 0.3) is 11.3 Å². The number of carbonyl (C=O) groups is 1. The highest BCUT2D eigenvalue weighted by Gasteiger charge is 2.27. The molecule has 1 aliphatic rings. The molecule has 1 aliphatic heterocycles. The molecule has 2 aromatic rings. The van der Waals surface area contributed by atoms with Crippen molar-refractivity contribution in [2.45, 2.75) is 33.2 Å². The molecule has 0 aliphatic carbocycles. The first-order valence-electron chi connectivity index (χ1n) is 9.92. The first kappa shape index (κ1) is 19.9. The Labute approximate surface area is 165 Å².